The Kier molecular flexibility index (Phi) is 3.71. The lowest BCUT2D eigenvalue weighted by Gasteiger charge is -2.23. The number of hydrogen-bond acceptors (Lipinski definition) is 3. The van der Waals surface area contributed by atoms with Gasteiger partial charge in [-0.05, 0) is 12.5 Å². The molecule has 0 N–H and O–H groups in total. The van der Waals surface area contributed by atoms with E-state index in [0.29, 0.717) is 0 Å². The van der Waals surface area contributed by atoms with Gasteiger partial charge in [0.2, 0.25) is 0 Å². The fourth-order valence-electron chi connectivity index (χ4n) is 1.04. The van der Waals surface area contributed by atoms with Crippen molar-refractivity contribution in [3.05, 3.63) is 11.8 Å². The van der Waals surface area contributed by atoms with Crippen LogP contribution in [-0.4, -0.2) is 18.3 Å². The quantitative estimate of drug-likeness (QED) is 0.447. The average Bonchev–Trinajstić information content (AvgIpc) is 2.06. The van der Waals surface area contributed by atoms with Crippen LogP contribution in [0.3, 0.4) is 0 Å². The zero-order valence-electron chi connectivity index (χ0n) is 7.72. The van der Waals surface area contributed by atoms with Gasteiger partial charge >= 0.3 is 15.6 Å². The molecule has 1 aliphatic rings. The van der Waals surface area contributed by atoms with Crippen molar-refractivity contribution in [2.45, 2.75) is 29.1 Å². The largest absolute Gasteiger partial charge is 0.534 e. The molecule has 0 aromatic heterocycles. The molecule has 0 aromatic carbocycles. The molecule has 0 amide bonds. The van der Waals surface area contributed by atoms with E-state index in [1.54, 1.807) is 0 Å². The van der Waals surface area contributed by atoms with Crippen molar-refractivity contribution in [1.29, 1.82) is 0 Å². The Bertz CT molecular complexity index is 400. The summed E-state index contributed by atoms with van der Waals surface area (Å²) in [6.07, 6.45) is 1.27. The smallest absolute Gasteiger partial charge is 0.381 e. The fourth-order valence-corrected chi connectivity index (χ4v) is 1.91. The minimum atomic E-state index is -5.59. The van der Waals surface area contributed by atoms with Crippen molar-refractivity contribution >= 4 is 33.3 Å². The molecule has 0 atom stereocenters. The molecular weight excluding hydrogens is 292 g/mol. The Balaban J connectivity index is 2.75. The molecule has 0 aliphatic heterocycles. The highest BCUT2D eigenvalue weighted by molar-refractivity contribution is 7.87. The molecule has 0 saturated carbocycles. The highest BCUT2D eigenvalue weighted by Gasteiger charge is 2.49. The standard InChI is InChI=1S/C7H7Cl2F3O3S/c8-6(9)3-1-5(2-4-6)15-16(13,14)7(10,11)12/h1H,2-4H2. The number of halogens is 5. The summed E-state index contributed by atoms with van der Waals surface area (Å²) in [5.74, 6) is -0.283. The van der Waals surface area contributed by atoms with Gasteiger partial charge in [0.1, 0.15) is 10.1 Å². The van der Waals surface area contributed by atoms with Gasteiger partial charge in [-0.25, -0.2) is 0 Å². The number of hydrogen-bond donors (Lipinski definition) is 0. The second-order valence-corrected chi connectivity index (χ2v) is 6.39. The molecule has 0 aromatic rings. The summed E-state index contributed by atoms with van der Waals surface area (Å²) in [5.41, 5.74) is -5.43. The summed E-state index contributed by atoms with van der Waals surface area (Å²) in [6.45, 7) is 0. The summed E-state index contributed by atoms with van der Waals surface area (Å²) >= 11 is 11.4. The van der Waals surface area contributed by atoms with Crippen LogP contribution in [0.25, 0.3) is 0 Å². The van der Waals surface area contributed by atoms with Gasteiger partial charge in [-0.15, -0.1) is 23.2 Å². The van der Waals surface area contributed by atoms with Gasteiger partial charge < -0.3 is 4.18 Å². The molecule has 3 nitrogen and oxygen atoms in total. The molecule has 94 valence electrons. The van der Waals surface area contributed by atoms with Gasteiger partial charge in [0.15, 0.2) is 0 Å². The number of rotatable bonds is 2. The van der Waals surface area contributed by atoms with E-state index in [1.807, 2.05) is 0 Å². The van der Waals surface area contributed by atoms with E-state index in [1.165, 1.54) is 0 Å². The lowest BCUT2D eigenvalue weighted by atomic mass is 10.1. The third kappa shape index (κ3) is 3.43. The average molecular weight is 299 g/mol. The zero-order valence-corrected chi connectivity index (χ0v) is 10.0. The van der Waals surface area contributed by atoms with Crippen LogP contribution in [0.2, 0.25) is 0 Å². The zero-order chi connectivity index (χ0) is 12.6. The van der Waals surface area contributed by atoms with E-state index >= 15 is 0 Å². The van der Waals surface area contributed by atoms with Gasteiger partial charge in [-0.2, -0.15) is 21.6 Å². The van der Waals surface area contributed by atoms with Crippen LogP contribution in [0.15, 0.2) is 11.8 Å². The van der Waals surface area contributed by atoms with Gasteiger partial charge in [0, 0.05) is 12.8 Å². The third-order valence-corrected chi connectivity index (χ3v) is 3.55. The van der Waals surface area contributed by atoms with Crippen LogP contribution in [0.1, 0.15) is 19.3 Å². The van der Waals surface area contributed by atoms with E-state index in [4.69, 9.17) is 23.2 Å². The molecule has 9 heteroatoms. The van der Waals surface area contributed by atoms with Gasteiger partial charge in [0.25, 0.3) is 0 Å². The fraction of sp³-hybridized carbons (Fsp3) is 0.714. The minimum absolute atomic E-state index is 0.0405. The van der Waals surface area contributed by atoms with E-state index in [0.717, 1.165) is 6.08 Å². The van der Waals surface area contributed by atoms with Crippen molar-refractivity contribution in [3.8, 4) is 0 Å². The summed E-state index contributed by atoms with van der Waals surface area (Å²) in [4.78, 5) is 0. The number of alkyl halides is 5. The van der Waals surface area contributed by atoms with E-state index in [2.05, 4.69) is 4.18 Å². The van der Waals surface area contributed by atoms with Crippen molar-refractivity contribution < 1.29 is 25.8 Å². The molecule has 0 unspecified atom stereocenters. The SMILES string of the molecule is O=S(=O)(OC1=CCC(Cl)(Cl)CC1)C(F)(F)F. The number of allylic oxidation sites excluding steroid dienone is 2. The first-order valence-corrected chi connectivity index (χ1v) is 6.27. The first-order valence-electron chi connectivity index (χ1n) is 4.11. The molecule has 0 radical (unpaired) electrons. The topological polar surface area (TPSA) is 43.4 Å². The molecule has 1 rings (SSSR count). The summed E-state index contributed by atoms with van der Waals surface area (Å²) < 4.78 is 60.0. The molecule has 1 aliphatic carbocycles. The van der Waals surface area contributed by atoms with Crippen molar-refractivity contribution in [3.63, 3.8) is 0 Å². The van der Waals surface area contributed by atoms with E-state index in [-0.39, 0.29) is 25.0 Å². The Morgan fingerprint density at radius 3 is 2.31 bits per heavy atom. The van der Waals surface area contributed by atoms with Gasteiger partial charge in [-0.1, -0.05) is 0 Å². The van der Waals surface area contributed by atoms with Crippen LogP contribution in [-0.2, 0) is 14.3 Å². The normalized spacial score (nSPS) is 21.4. The van der Waals surface area contributed by atoms with Crippen LogP contribution >= 0.6 is 23.2 Å². The molecule has 16 heavy (non-hydrogen) atoms. The van der Waals surface area contributed by atoms with Crippen LogP contribution < -0.4 is 0 Å². The Hall–Kier alpha value is -0.140. The lowest BCUT2D eigenvalue weighted by molar-refractivity contribution is -0.0524. The van der Waals surface area contributed by atoms with Crippen LogP contribution in [0.4, 0.5) is 13.2 Å². The van der Waals surface area contributed by atoms with Crippen molar-refractivity contribution in [2.24, 2.45) is 0 Å². The maximum atomic E-state index is 11.9. The highest BCUT2D eigenvalue weighted by Crippen LogP contribution is 2.38. The maximum absolute atomic E-state index is 11.9. The summed E-state index contributed by atoms with van der Waals surface area (Å²) in [5, 5.41) is 0. The van der Waals surface area contributed by atoms with Gasteiger partial charge in [0.05, 0.1) is 0 Å². The second-order valence-electron chi connectivity index (χ2n) is 3.21. The molecule has 0 bridgehead atoms. The first kappa shape index (κ1) is 13.9. The maximum Gasteiger partial charge on any atom is 0.534 e. The Morgan fingerprint density at radius 1 is 1.38 bits per heavy atom. The third-order valence-electron chi connectivity index (χ3n) is 1.87. The second kappa shape index (κ2) is 4.27. The lowest BCUT2D eigenvalue weighted by Crippen LogP contribution is -2.26. The van der Waals surface area contributed by atoms with E-state index < -0.39 is 20.0 Å². The molecular formula is C7H7Cl2F3O3S. The monoisotopic (exact) mass is 298 g/mol. The van der Waals surface area contributed by atoms with Crippen LogP contribution in [0.5, 0.6) is 0 Å². The van der Waals surface area contributed by atoms with Crippen LogP contribution in [0, 0.1) is 0 Å². The Morgan fingerprint density at radius 2 is 1.94 bits per heavy atom. The summed E-state index contributed by atoms with van der Waals surface area (Å²) in [6, 6.07) is 0. The summed E-state index contributed by atoms with van der Waals surface area (Å²) in [7, 11) is -5.59. The molecule has 0 saturated heterocycles. The highest BCUT2D eigenvalue weighted by atomic mass is 35.5. The Labute approximate surface area is 100 Å². The van der Waals surface area contributed by atoms with Gasteiger partial charge in [-0.3, -0.25) is 0 Å². The van der Waals surface area contributed by atoms with E-state index in [9.17, 15) is 21.6 Å². The predicted octanol–water partition coefficient (Wildman–Crippen LogP) is 3.09. The molecule has 0 fully saturated rings. The molecule has 0 heterocycles. The predicted molar refractivity (Wildman–Crippen MR) is 52.4 cm³/mol. The van der Waals surface area contributed by atoms with Crippen molar-refractivity contribution in [2.75, 3.05) is 0 Å². The molecule has 0 spiro atoms. The minimum Gasteiger partial charge on any atom is -0.381 e. The van der Waals surface area contributed by atoms with Crippen molar-refractivity contribution in [1.82, 2.24) is 0 Å². The first-order chi connectivity index (χ1) is 7.04.